The summed E-state index contributed by atoms with van der Waals surface area (Å²) < 4.78 is 1.16. The number of hydrogen-bond donors (Lipinski definition) is 1. The average molecular weight is 283 g/mol. The Labute approximate surface area is 106 Å². The first-order valence-corrected chi connectivity index (χ1v) is 6.70. The molecule has 0 saturated carbocycles. The second kappa shape index (κ2) is 5.80. The molecule has 3 heteroatoms. The van der Waals surface area contributed by atoms with E-state index in [9.17, 15) is 0 Å². The number of hydrogen-bond acceptors (Lipinski definition) is 2. The van der Waals surface area contributed by atoms with E-state index in [-0.39, 0.29) is 0 Å². The van der Waals surface area contributed by atoms with Gasteiger partial charge in [-0.15, -0.1) is 0 Å². The molecule has 2 nitrogen and oxygen atoms in total. The molecule has 16 heavy (non-hydrogen) atoms. The quantitative estimate of drug-likeness (QED) is 0.914. The molecule has 0 amide bonds. The molecule has 0 aliphatic carbocycles. The van der Waals surface area contributed by atoms with E-state index in [1.165, 1.54) is 24.9 Å². The summed E-state index contributed by atoms with van der Waals surface area (Å²) in [6.07, 6.45) is 2.68. The third kappa shape index (κ3) is 3.30. The van der Waals surface area contributed by atoms with Crippen LogP contribution in [-0.4, -0.2) is 31.1 Å². The van der Waals surface area contributed by atoms with Crippen molar-refractivity contribution in [2.45, 2.75) is 25.4 Å². The van der Waals surface area contributed by atoms with E-state index in [1.807, 2.05) is 0 Å². The molecule has 0 aromatic heterocycles. The molecular formula is C13H19BrN2. The van der Waals surface area contributed by atoms with Crippen molar-refractivity contribution < 1.29 is 0 Å². The Morgan fingerprint density at radius 3 is 3.06 bits per heavy atom. The van der Waals surface area contributed by atoms with Gasteiger partial charge in [-0.05, 0) is 44.1 Å². The van der Waals surface area contributed by atoms with Crippen molar-refractivity contribution in [3.63, 3.8) is 0 Å². The first kappa shape index (κ1) is 12.1. The number of likely N-dealkylation sites (tertiary alicyclic amines) is 1. The van der Waals surface area contributed by atoms with E-state index in [0.29, 0.717) is 0 Å². The Hall–Kier alpha value is -0.380. The normalized spacial score (nSPS) is 21.5. The molecule has 1 saturated heterocycles. The molecule has 0 bridgehead atoms. The molecule has 1 aliphatic rings. The minimum atomic E-state index is 0.729. The van der Waals surface area contributed by atoms with Crippen LogP contribution in [0, 0.1) is 0 Å². The molecule has 0 spiro atoms. The predicted molar refractivity (Wildman–Crippen MR) is 71.5 cm³/mol. The molecule has 0 radical (unpaired) electrons. The lowest BCUT2D eigenvalue weighted by Crippen LogP contribution is -2.35. The lowest BCUT2D eigenvalue weighted by atomic mass is 10.2. The lowest BCUT2D eigenvalue weighted by Gasteiger charge is -2.19. The highest BCUT2D eigenvalue weighted by atomic mass is 79.9. The summed E-state index contributed by atoms with van der Waals surface area (Å²) in [5.74, 6) is 0. The van der Waals surface area contributed by atoms with Gasteiger partial charge in [0.1, 0.15) is 0 Å². The largest absolute Gasteiger partial charge is 0.311 e. The second-order valence-corrected chi connectivity index (χ2v) is 5.45. The predicted octanol–water partition coefficient (Wildman–Crippen LogP) is 2.63. The van der Waals surface area contributed by atoms with Crippen molar-refractivity contribution in [1.29, 1.82) is 0 Å². The van der Waals surface area contributed by atoms with E-state index < -0.39 is 0 Å². The Morgan fingerprint density at radius 2 is 2.38 bits per heavy atom. The summed E-state index contributed by atoms with van der Waals surface area (Å²) in [5, 5.41) is 3.54. The Morgan fingerprint density at radius 1 is 1.50 bits per heavy atom. The van der Waals surface area contributed by atoms with Crippen LogP contribution in [0.25, 0.3) is 0 Å². The number of halogens is 1. The molecule has 1 atom stereocenters. The second-order valence-electron chi connectivity index (χ2n) is 4.54. The summed E-state index contributed by atoms with van der Waals surface area (Å²) in [7, 11) is 2.22. The van der Waals surface area contributed by atoms with Crippen molar-refractivity contribution >= 4 is 15.9 Å². The van der Waals surface area contributed by atoms with Crippen molar-refractivity contribution in [3.05, 3.63) is 34.3 Å². The smallest absolute Gasteiger partial charge is 0.0218 e. The molecule has 2 rings (SSSR count). The highest BCUT2D eigenvalue weighted by molar-refractivity contribution is 9.10. The monoisotopic (exact) mass is 282 g/mol. The van der Waals surface area contributed by atoms with Gasteiger partial charge in [-0.2, -0.15) is 0 Å². The third-order valence-electron chi connectivity index (χ3n) is 3.27. The number of rotatable bonds is 4. The van der Waals surface area contributed by atoms with Gasteiger partial charge in [0.2, 0.25) is 0 Å². The van der Waals surface area contributed by atoms with E-state index in [4.69, 9.17) is 0 Å². The van der Waals surface area contributed by atoms with Crippen LogP contribution in [0.15, 0.2) is 28.7 Å². The van der Waals surface area contributed by atoms with E-state index >= 15 is 0 Å². The molecule has 1 aliphatic heterocycles. The molecule has 1 unspecified atom stereocenters. The van der Waals surface area contributed by atoms with Gasteiger partial charge in [-0.25, -0.2) is 0 Å². The fourth-order valence-corrected chi connectivity index (χ4v) is 2.71. The van der Waals surface area contributed by atoms with Crippen LogP contribution in [0.3, 0.4) is 0 Å². The number of benzene rings is 1. The Balaban J connectivity index is 1.75. The molecule has 1 fully saturated rings. The van der Waals surface area contributed by atoms with Crippen molar-refractivity contribution in [2.24, 2.45) is 0 Å². The van der Waals surface area contributed by atoms with Crippen molar-refractivity contribution in [3.8, 4) is 0 Å². The van der Waals surface area contributed by atoms with Gasteiger partial charge in [0.25, 0.3) is 0 Å². The summed E-state index contributed by atoms with van der Waals surface area (Å²) in [6.45, 7) is 3.32. The first-order chi connectivity index (χ1) is 7.75. The summed E-state index contributed by atoms with van der Waals surface area (Å²) >= 11 is 3.49. The average Bonchev–Trinajstić information content (AvgIpc) is 2.65. The molecule has 1 aromatic rings. The number of likely N-dealkylation sites (N-methyl/N-ethyl adjacent to an activating group) is 1. The molecule has 1 N–H and O–H groups in total. The van der Waals surface area contributed by atoms with E-state index in [2.05, 4.69) is 57.5 Å². The summed E-state index contributed by atoms with van der Waals surface area (Å²) in [4.78, 5) is 2.45. The van der Waals surface area contributed by atoms with Gasteiger partial charge in [0.05, 0.1) is 0 Å². The highest BCUT2D eigenvalue weighted by Crippen LogP contribution is 2.14. The first-order valence-electron chi connectivity index (χ1n) is 5.91. The lowest BCUT2D eigenvalue weighted by molar-refractivity contribution is 0.300. The fourth-order valence-electron chi connectivity index (χ4n) is 2.27. The standard InChI is InChI=1S/C13H19BrN2/c1-16-7-3-6-13(16)10-15-9-11-4-2-5-12(14)8-11/h2,4-5,8,13,15H,3,6-7,9-10H2,1H3. The maximum Gasteiger partial charge on any atom is 0.0218 e. The Kier molecular flexibility index (Phi) is 4.38. The van der Waals surface area contributed by atoms with Crippen LogP contribution in [0.5, 0.6) is 0 Å². The topological polar surface area (TPSA) is 15.3 Å². The molecule has 1 heterocycles. The molecule has 1 aromatic carbocycles. The third-order valence-corrected chi connectivity index (χ3v) is 3.76. The highest BCUT2D eigenvalue weighted by Gasteiger charge is 2.19. The number of nitrogens with zero attached hydrogens (tertiary/aromatic N) is 1. The van der Waals surface area contributed by atoms with Crippen LogP contribution in [0.4, 0.5) is 0 Å². The van der Waals surface area contributed by atoms with Gasteiger partial charge in [-0.1, -0.05) is 28.1 Å². The summed E-state index contributed by atoms with van der Waals surface area (Å²) in [6, 6.07) is 9.21. The van der Waals surface area contributed by atoms with Gasteiger partial charge in [0.15, 0.2) is 0 Å². The van der Waals surface area contributed by atoms with Gasteiger partial charge in [0, 0.05) is 23.6 Å². The SMILES string of the molecule is CN1CCCC1CNCc1cccc(Br)c1. The minimum absolute atomic E-state index is 0.729. The van der Waals surface area contributed by atoms with Crippen LogP contribution in [-0.2, 0) is 6.54 Å². The van der Waals surface area contributed by atoms with Crippen LogP contribution < -0.4 is 5.32 Å². The fraction of sp³-hybridized carbons (Fsp3) is 0.538. The maximum atomic E-state index is 3.54. The summed E-state index contributed by atoms with van der Waals surface area (Å²) in [5.41, 5.74) is 1.34. The zero-order valence-electron chi connectivity index (χ0n) is 9.75. The van der Waals surface area contributed by atoms with Crippen LogP contribution in [0.1, 0.15) is 18.4 Å². The van der Waals surface area contributed by atoms with Crippen LogP contribution in [0.2, 0.25) is 0 Å². The number of nitrogens with one attached hydrogen (secondary N) is 1. The van der Waals surface area contributed by atoms with Crippen molar-refractivity contribution in [1.82, 2.24) is 10.2 Å². The van der Waals surface area contributed by atoms with E-state index in [0.717, 1.165) is 23.6 Å². The van der Waals surface area contributed by atoms with Gasteiger partial charge < -0.3 is 10.2 Å². The maximum absolute atomic E-state index is 3.54. The molecular weight excluding hydrogens is 264 g/mol. The zero-order chi connectivity index (χ0) is 11.4. The zero-order valence-corrected chi connectivity index (χ0v) is 11.3. The van der Waals surface area contributed by atoms with Gasteiger partial charge in [-0.3, -0.25) is 0 Å². The minimum Gasteiger partial charge on any atom is -0.311 e. The van der Waals surface area contributed by atoms with E-state index in [1.54, 1.807) is 0 Å². The Bertz CT molecular complexity index is 340. The van der Waals surface area contributed by atoms with Crippen LogP contribution >= 0.6 is 15.9 Å². The van der Waals surface area contributed by atoms with Gasteiger partial charge >= 0.3 is 0 Å². The van der Waals surface area contributed by atoms with Crippen molar-refractivity contribution in [2.75, 3.05) is 20.1 Å². The molecule has 88 valence electrons.